The van der Waals surface area contributed by atoms with Crippen molar-refractivity contribution in [2.24, 2.45) is 0 Å². The zero-order chi connectivity index (χ0) is 17.2. The second-order valence-electron chi connectivity index (χ2n) is 5.51. The summed E-state index contributed by atoms with van der Waals surface area (Å²) >= 11 is 0. The van der Waals surface area contributed by atoms with Gasteiger partial charge in [0.25, 0.3) is 5.91 Å². The van der Waals surface area contributed by atoms with Crippen LogP contribution in [0, 0.1) is 13.8 Å². The van der Waals surface area contributed by atoms with Gasteiger partial charge in [0.2, 0.25) is 0 Å². The Hall–Kier alpha value is -1.90. The number of hydrogen-bond acceptors (Lipinski definition) is 7. The predicted molar refractivity (Wildman–Crippen MR) is 80.7 cm³/mol. The average Bonchev–Trinajstić information content (AvgIpc) is 2.99. The van der Waals surface area contributed by atoms with Crippen LogP contribution in [-0.2, 0) is 19.4 Å². The van der Waals surface area contributed by atoms with Crippen LogP contribution in [0.4, 0.5) is 0 Å². The molecule has 8 nitrogen and oxygen atoms in total. The summed E-state index contributed by atoms with van der Waals surface area (Å²) in [5, 5.41) is 3.66. The minimum Gasteiger partial charge on any atom is -0.452 e. The van der Waals surface area contributed by atoms with Gasteiger partial charge in [-0.3, -0.25) is 4.79 Å². The van der Waals surface area contributed by atoms with Crippen molar-refractivity contribution in [3.8, 4) is 0 Å². The number of nitrogens with zero attached hydrogens (tertiary/aromatic N) is 2. The van der Waals surface area contributed by atoms with E-state index in [0.29, 0.717) is 24.4 Å². The van der Waals surface area contributed by atoms with Crippen molar-refractivity contribution in [2.45, 2.75) is 33.2 Å². The number of esters is 1. The highest BCUT2D eigenvalue weighted by atomic mass is 32.2. The maximum atomic E-state index is 12.2. The van der Waals surface area contributed by atoms with Gasteiger partial charge in [-0.1, -0.05) is 5.16 Å². The molecule has 0 saturated carbocycles. The summed E-state index contributed by atoms with van der Waals surface area (Å²) in [4.78, 5) is 25.7. The third-order valence-electron chi connectivity index (χ3n) is 3.87. The highest BCUT2D eigenvalue weighted by Crippen LogP contribution is 2.18. The van der Waals surface area contributed by atoms with E-state index in [1.807, 2.05) is 0 Å². The largest absolute Gasteiger partial charge is 0.452 e. The molecule has 23 heavy (non-hydrogen) atoms. The molecule has 1 aliphatic rings. The lowest BCUT2D eigenvalue weighted by Crippen LogP contribution is -2.43. The van der Waals surface area contributed by atoms with Gasteiger partial charge >= 0.3 is 5.97 Å². The number of amides is 1. The van der Waals surface area contributed by atoms with Crippen LogP contribution in [0.1, 0.15) is 35.2 Å². The molecule has 1 atom stereocenters. The Morgan fingerprint density at radius 2 is 2.09 bits per heavy atom. The fourth-order valence-electron chi connectivity index (χ4n) is 2.72. The molecule has 0 radical (unpaired) electrons. The molecule has 2 heterocycles. The first kappa shape index (κ1) is 17.5. The van der Waals surface area contributed by atoms with Crippen LogP contribution >= 0.6 is 0 Å². The quantitative estimate of drug-likeness (QED) is 0.715. The van der Waals surface area contributed by atoms with E-state index < -0.39 is 28.3 Å². The van der Waals surface area contributed by atoms with E-state index in [0.717, 1.165) is 0 Å². The molecular weight excluding hydrogens is 324 g/mol. The molecule has 1 saturated heterocycles. The monoisotopic (exact) mass is 344 g/mol. The van der Waals surface area contributed by atoms with Gasteiger partial charge in [-0.25, -0.2) is 13.2 Å². The van der Waals surface area contributed by atoms with E-state index in [1.54, 1.807) is 20.8 Å². The van der Waals surface area contributed by atoms with Gasteiger partial charge in [0.05, 0.1) is 17.2 Å². The fraction of sp³-hybridized carbons (Fsp3) is 0.643. The van der Waals surface area contributed by atoms with Crippen molar-refractivity contribution in [3.05, 3.63) is 17.0 Å². The number of carbonyl (C=O) groups is 2. The van der Waals surface area contributed by atoms with Crippen LogP contribution < -0.4 is 0 Å². The van der Waals surface area contributed by atoms with E-state index in [9.17, 15) is 18.0 Å². The van der Waals surface area contributed by atoms with E-state index >= 15 is 0 Å². The van der Waals surface area contributed by atoms with E-state index in [4.69, 9.17) is 9.26 Å². The van der Waals surface area contributed by atoms with Crippen LogP contribution in [0.25, 0.3) is 0 Å². The van der Waals surface area contributed by atoms with Crippen LogP contribution in [0.2, 0.25) is 0 Å². The number of aromatic nitrogens is 1. The lowest BCUT2D eigenvalue weighted by Gasteiger charge is -2.26. The Balaban J connectivity index is 1.97. The third-order valence-corrected chi connectivity index (χ3v) is 5.62. The molecule has 0 bridgehead atoms. The fourth-order valence-corrected chi connectivity index (χ4v) is 4.45. The zero-order valence-electron chi connectivity index (χ0n) is 13.4. The molecule has 0 aliphatic carbocycles. The predicted octanol–water partition coefficient (Wildman–Crippen LogP) is 0.484. The van der Waals surface area contributed by atoms with Gasteiger partial charge in [0.1, 0.15) is 11.3 Å². The van der Waals surface area contributed by atoms with Crippen molar-refractivity contribution in [1.29, 1.82) is 0 Å². The average molecular weight is 344 g/mol. The number of aryl methyl sites for hydroxylation is 2. The van der Waals surface area contributed by atoms with Crippen molar-refractivity contribution >= 4 is 21.7 Å². The van der Waals surface area contributed by atoms with Gasteiger partial charge in [-0.15, -0.1) is 0 Å². The lowest BCUT2D eigenvalue weighted by atomic mass is 10.2. The number of ether oxygens (including phenoxy) is 1. The minimum atomic E-state index is -3.08. The Bertz CT molecular complexity index is 689. The number of rotatable bonds is 5. The van der Waals surface area contributed by atoms with Gasteiger partial charge in [-0.05, 0) is 27.2 Å². The molecule has 128 valence electrons. The summed E-state index contributed by atoms with van der Waals surface area (Å²) in [5.41, 5.74) is 0.610. The highest BCUT2D eigenvalue weighted by Gasteiger charge is 2.34. The molecule has 0 aromatic carbocycles. The zero-order valence-corrected chi connectivity index (χ0v) is 14.2. The maximum absolute atomic E-state index is 12.2. The first-order valence-corrected chi connectivity index (χ1v) is 9.17. The molecule has 1 aliphatic heterocycles. The molecule has 1 aromatic rings. The lowest BCUT2D eigenvalue weighted by molar-refractivity contribution is -0.136. The summed E-state index contributed by atoms with van der Waals surface area (Å²) in [6.45, 7) is 4.88. The molecule has 1 fully saturated rings. The molecule has 0 unspecified atom stereocenters. The van der Waals surface area contributed by atoms with Crippen LogP contribution in [0.3, 0.4) is 0 Å². The second-order valence-corrected chi connectivity index (χ2v) is 7.74. The Morgan fingerprint density at radius 3 is 2.57 bits per heavy atom. The molecule has 0 spiro atoms. The SMILES string of the molecule is CCN(C(=O)COC(=O)c1c(C)noc1C)[C@@H]1CCS(=O)(=O)C1. The summed E-state index contributed by atoms with van der Waals surface area (Å²) in [5.74, 6) is -0.710. The number of carbonyl (C=O) groups excluding carboxylic acids is 2. The summed E-state index contributed by atoms with van der Waals surface area (Å²) in [6, 6.07) is -0.352. The number of likely N-dealkylation sites (N-methyl/N-ethyl adjacent to an activating group) is 1. The van der Waals surface area contributed by atoms with Gasteiger partial charge < -0.3 is 14.2 Å². The Morgan fingerprint density at radius 1 is 1.39 bits per heavy atom. The van der Waals surface area contributed by atoms with Crippen molar-refractivity contribution in [3.63, 3.8) is 0 Å². The molecule has 1 amide bonds. The first-order valence-electron chi connectivity index (χ1n) is 7.35. The number of sulfone groups is 1. The smallest absolute Gasteiger partial charge is 0.344 e. The van der Waals surface area contributed by atoms with Crippen molar-refractivity contribution in [2.75, 3.05) is 24.7 Å². The summed E-state index contributed by atoms with van der Waals surface area (Å²) in [6.07, 6.45) is 0.416. The highest BCUT2D eigenvalue weighted by molar-refractivity contribution is 7.91. The standard InChI is InChI=1S/C14H20N2O6S/c1-4-16(11-5-6-23(19,20)8-11)12(17)7-21-14(18)13-9(2)15-22-10(13)3/h11H,4-8H2,1-3H3/t11-/m1/s1. The normalized spacial score (nSPS) is 19.5. The third kappa shape index (κ3) is 3.90. The minimum absolute atomic E-state index is 0.0373. The van der Waals surface area contributed by atoms with E-state index in [1.165, 1.54) is 4.90 Å². The van der Waals surface area contributed by atoms with E-state index in [2.05, 4.69) is 5.16 Å². The Labute approximate surface area is 134 Å². The molecule has 9 heteroatoms. The first-order chi connectivity index (χ1) is 10.7. The Kier molecular flexibility index (Phi) is 5.08. The van der Waals surface area contributed by atoms with E-state index in [-0.39, 0.29) is 23.1 Å². The summed E-state index contributed by atoms with van der Waals surface area (Å²) in [7, 11) is -3.08. The van der Waals surface area contributed by atoms with Crippen LogP contribution in [0.5, 0.6) is 0 Å². The topological polar surface area (TPSA) is 107 Å². The maximum Gasteiger partial charge on any atom is 0.344 e. The van der Waals surface area contributed by atoms with Gasteiger partial charge in [0, 0.05) is 12.6 Å². The van der Waals surface area contributed by atoms with Crippen molar-refractivity contribution < 1.29 is 27.3 Å². The van der Waals surface area contributed by atoms with Crippen LogP contribution in [0.15, 0.2) is 4.52 Å². The molecule has 2 rings (SSSR count). The van der Waals surface area contributed by atoms with Crippen molar-refractivity contribution in [1.82, 2.24) is 10.1 Å². The second kappa shape index (κ2) is 6.69. The molecular formula is C14H20N2O6S. The molecule has 1 aromatic heterocycles. The van der Waals surface area contributed by atoms with Gasteiger partial charge in [-0.2, -0.15) is 0 Å². The molecule has 0 N–H and O–H groups in total. The van der Waals surface area contributed by atoms with Gasteiger partial charge in [0.15, 0.2) is 16.4 Å². The number of hydrogen-bond donors (Lipinski definition) is 0. The van der Waals surface area contributed by atoms with Crippen LogP contribution in [-0.4, -0.2) is 61.1 Å². The summed E-state index contributed by atoms with van der Waals surface area (Å²) < 4.78 is 33.0.